The Morgan fingerprint density at radius 1 is 1.19 bits per heavy atom. The molecular formula is C24H25ClN6O. The second-order valence-corrected chi connectivity index (χ2v) is 8.33. The van der Waals surface area contributed by atoms with Crippen LogP contribution in [0.4, 0.5) is 5.95 Å². The average molecular weight is 449 g/mol. The number of hydrogen-bond donors (Lipinski definition) is 1. The molecule has 1 N–H and O–H groups in total. The molecular weight excluding hydrogens is 424 g/mol. The molecule has 3 aromatic rings. The Kier molecular flexibility index (Phi) is 6.84. The van der Waals surface area contributed by atoms with Crippen LogP contribution in [0.1, 0.15) is 35.1 Å². The SMILES string of the molecule is Cc1cc(C#N)cc(C)c1Oc1ccnc(N(Cc2ccncc2Cl)C2CCNCC2)n1. The van der Waals surface area contributed by atoms with Gasteiger partial charge in [-0.3, -0.25) is 4.98 Å². The Balaban J connectivity index is 1.65. The number of rotatable bonds is 6. The molecule has 7 nitrogen and oxygen atoms in total. The van der Waals surface area contributed by atoms with Crippen LogP contribution < -0.4 is 15.0 Å². The monoisotopic (exact) mass is 448 g/mol. The molecule has 1 fully saturated rings. The number of nitriles is 1. The van der Waals surface area contributed by atoms with Crippen LogP contribution >= 0.6 is 11.6 Å². The molecule has 2 aromatic heterocycles. The van der Waals surface area contributed by atoms with Crippen molar-refractivity contribution >= 4 is 17.5 Å². The molecule has 8 heteroatoms. The van der Waals surface area contributed by atoms with Gasteiger partial charge in [-0.15, -0.1) is 0 Å². The molecule has 1 aromatic carbocycles. The van der Waals surface area contributed by atoms with Gasteiger partial charge < -0.3 is 15.0 Å². The molecule has 164 valence electrons. The van der Waals surface area contributed by atoms with Gasteiger partial charge >= 0.3 is 0 Å². The van der Waals surface area contributed by atoms with Gasteiger partial charge in [-0.2, -0.15) is 10.2 Å². The van der Waals surface area contributed by atoms with Gasteiger partial charge in [0.2, 0.25) is 11.8 Å². The van der Waals surface area contributed by atoms with Crippen LogP contribution in [-0.2, 0) is 6.54 Å². The third-order valence-corrected chi connectivity index (χ3v) is 5.96. The Morgan fingerprint density at radius 2 is 1.94 bits per heavy atom. The molecule has 0 radical (unpaired) electrons. The van der Waals surface area contributed by atoms with E-state index in [4.69, 9.17) is 21.3 Å². The number of piperidine rings is 1. The molecule has 1 saturated heterocycles. The zero-order valence-electron chi connectivity index (χ0n) is 18.2. The Hall–Kier alpha value is -3.21. The molecule has 0 spiro atoms. The maximum atomic E-state index is 9.19. The van der Waals surface area contributed by atoms with Crippen molar-refractivity contribution in [2.75, 3.05) is 18.0 Å². The summed E-state index contributed by atoms with van der Waals surface area (Å²) in [5, 5.41) is 13.2. The number of hydrogen-bond acceptors (Lipinski definition) is 7. The topological polar surface area (TPSA) is 87.0 Å². The van der Waals surface area contributed by atoms with Crippen LogP contribution in [0, 0.1) is 25.2 Å². The Morgan fingerprint density at radius 3 is 2.62 bits per heavy atom. The van der Waals surface area contributed by atoms with Gasteiger partial charge in [-0.1, -0.05) is 11.6 Å². The number of aromatic nitrogens is 3. The molecule has 1 aliphatic rings. The lowest BCUT2D eigenvalue weighted by Gasteiger charge is -2.35. The lowest BCUT2D eigenvalue weighted by molar-refractivity contribution is 0.418. The fraction of sp³-hybridized carbons (Fsp3) is 0.333. The normalized spacial score (nSPS) is 14.1. The van der Waals surface area contributed by atoms with Crippen molar-refractivity contribution in [3.63, 3.8) is 0 Å². The van der Waals surface area contributed by atoms with Crippen molar-refractivity contribution in [3.05, 3.63) is 70.1 Å². The van der Waals surface area contributed by atoms with E-state index in [1.807, 2.05) is 32.0 Å². The third-order valence-electron chi connectivity index (χ3n) is 5.62. The van der Waals surface area contributed by atoms with Crippen LogP contribution in [-0.4, -0.2) is 34.1 Å². The van der Waals surface area contributed by atoms with Crippen molar-refractivity contribution in [2.45, 2.75) is 39.3 Å². The van der Waals surface area contributed by atoms with E-state index in [0.29, 0.717) is 34.7 Å². The summed E-state index contributed by atoms with van der Waals surface area (Å²) >= 11 is 6.40. The van der Waals surface area contributed by atoms with E-state index in [0.717, 1.165) is 42.6 Å². The van der Waals surface area contributed by atoms with Crippen molar-refractivity contribution in [3.8, 4) is 17.7 Å². The fourth-order valence-electron chi connectivity index (χ4n) is 4.01. The van der Waals surface area contributed by atoms with E-state index < -0.39 is 0 Å². The van der Waals surface area contributed by atoms with Gasteiger partial charge in [-0.25, -0.2) is 4.98 Å². The van der Waals surface area contributed by atoms with Crippen LogP contribution in [0.3, 0.4) is 0 Å². The molecule has 32 heavy (non-hydrogen) atoms. The molecule has 0 saturated carbocycles. The minimum atomic E-state index is 0.286. The lowest BCUT2D eigenvalue weighted by atomic mass is 10.0. The van der Waals surface area contributed by atoms with Gasteiger partial charge in [0.05, 0.1) is 16.7 Å². The van der Waals surface area contributed by atoms with E-state index in [9.17, 15) is 5.26 Å². The maximum Gasteiger partial charge on any atom is 0.229 e. The number of benzene rings is 1. The first-order valence-electron chi connectivity index (χ1n) is 10.6. The standard InChI is InChI=1S/C24H25ClN6O/c1-16-11-18(13-26)12-17(2)23(16)32-22-6-10-29-24(30-22)31(20-4-8-27-9-5-20)15-19-3-7-28-14-21(19)25/h3,6-7,10-12,14,20,27H,4-5,8-9,15H2,1-2H3. The zero-order chi connectivity index (χ0) is 22.5. The summed E-state index contributed by atoms with van der Waals surface area (Å²) in [4.78, 5) is 15.6. The molecule has 0 aliphatic carbocycles. The summed E-state index contributed by atoms with van der Waals surface area (Å²) in [6.07, 6.45) is 7.11. The highest BCUT2D eigenvalue weighted by Gasteiger charge is 2.25. The quantitative estimate of drug-likeness (QED) is 0.591. The number of pyridine rings is 1. The van der Waals surface area contributed by atoms with Crippen LogP contribution in [0.5, 0.6) is 11.6 Å². The van der Waals surface area contributed by atoms with Gasteiger partial charge in [0.15, 0.2) is 0 Å². The molecule has 4 rings (SSSR count). The number of nitrogens with one attached hydrogen (secondary N) is 1. The third kappa shape index (κ3) is 4.98. The second kappa shape index (κ2) is 9.94. The van der Waals surface area contributed by atoms with Gasteiger partial charge in [-0.05, 0) is 74.7 Å². The van der Waals surface area contributed by atoms with Gasteiger partial charge in [0.25, 0.3) is 0 Å². The molecule has 0 atom stereocenters. The number of nitrogens with zero attached hydrogens (tertiary/aromatic N) is 5. The van der Waals surface area contributed by atoms with E-state index in [1.165, 1.54) is 0 Å². The first kappa shape index (κ1) is 22.0. The highest BCUT2D eigenvalue weighted by molar-refractivity contribution is 6.31. The summed E-state index contributed by atoms with van der Waals surface area (Å²) in [6.45, 7) is 6.34. The smallest absolute Gasteiger partial charge is 0.229 e. The van der Waals surface area contributed by atoms with E-state index in [2.05, 4.69) is 26.3 Å². The predicted octanol–water partition coefficient (Wildman–Crippen LogP) is 4.56. The highest BCUT2D eigenvalue weighted by atomic mass is 35.5. The van der Waals surface area contributed by atoms with Crippen molar-refractivity contribution in [2.24, 2.45) is 0 Å². The highest BCUT2D eigenvalue weighted by Crippen LogP contribution is 2.30. The van der Waals surface area contributed by atoms with Gasteiger partial charge in [0, 0.05) is 37.2 Å². The van der Waals surface area contributed by atoms with Crippen LogP contribution in [0.2, 0.25) is 5.02 Å². The maximum absolute atomic E-state index is 9.19. The minimum absolute atomic E-state index is 0.286. The Bertz CT molecular complexity index is 1120. The minimum Gasteiger partial charge on any atom is -0.438 e. The first-order chi connectivity index (χ1) is 15.5. The number of halogens is 1. The molecule has 0 bridgehead atoms. The van der Waals surface area contributed by atoms with Crippen molar-refractivity contribution in [1.29, 1.82) is 5.26 Å². The summed E-state index contributed by atoms with van der Waals surface area (Å²) in [5.41, 5.74) is 3.37. The largest absolute Gasteiger partial charge is 0.438 e. The van der Waals surface area contributed by atoms with E-state index in [1.54, 1.807) is 24.7 Å². The number of ether oxygens (including phenoxy) is 1. The number of aryl methyl sites for hydroxylation is 2. The lowest BCUT2D eigenvalue weighted by Crippen LogP contribution is -2.43. The van der Waals surface area contributed by atoms with Crippen molar-refractivity contribution in [1.82, 2.24) is 20.3 Å². The first-order valence-corrected chi connectivity index (χ1v) is 11.0. The van der Waals surface area contributed by atoms with E-state index >= 15 is 0 Å². The van der Waals surface area contributed by atoms with Crippen LogP contribution in [0.25, 0.3) is 0 Å². The Labute approximate surface area is 193 Å². The summed E-state index contributed by atoms with van der Waals surface area (Å²) < 4.78 is 6.16. The van der Waals surface area contributed by atoms with Gasteiger partial charge in [0.1, 0.15) is 5.75 Å². The average Bonchev–Trinajstić information content (AvgIpc) is 2.81. The molecule has 0 amide bonds. The predicted molar refractivity (Wildman–Crippen MR) is 124 cm³/mol. The molecule has 0 unspecified atom stereocenters. The summed E-state index contributed by atoms with van der Waals surface area (Å²) in [7, 11) is 0. The summed E-state index contributed by atoms with van der Waals surface area (Å²) in [6, 6.07) is 9.78. The van der Waals surface area contributed by atoms with Crippen molar-refractivity contribution < 1.29 is 4.74 Å². The zero-order valence-corrected chi connectivity index (χ0v) is 18.9. The second-order valence-electron chi connectivity index (χ2n) is 7.92. The number of anilines is 1. The molecule has 1 aliphatic heterocycles. The molecule has 3 heterocycles. The fourth-order valence-corrected chi connectivity index (χ4v) is 4.18. The van der Waals surface area contributed by atoms with Crippen LogP contribution in [0.15, 0.2) is 42.9 Å². The summed E-state index contributed by atoms with van der Waals surface area (Å²) in [5.74, 6) is 1.77. The van der Waals surface area contributed by atoms with E-state index in [-0.39, 0.29) is 6.04 Å².